The van der Waals surface area contributed by atoms with Crippen LogP contribution in [0.4, 0.5) is 5.69 Å². The summed E-state index contributed by atoms with van der Waals surface area (Å²) in [7, 11) is 1.60. The average Bonchev–Trinajstić information content (AvgIpc) is 2.28. The monoisotopic (exact) mass is 237 g/mol. The number of nitrogen functional groups attached to an aromatic ring is 1. The van der Waals surface area contributed by atoms with Crippen molar-refractivity contribution in [1.29, 1.82) is 0 Å². The molecule has 1 atom stereocenters. The first-order valence-corrected chi connectivity index (χ1v) is 5.45. The van der Waals surface area contributed by atoms with Gasteiger partial charge in [-0.25, -0.2) is 0 Å². The SMILES string of the molecule is COCC(C)NC(=O)c1ccc(C)cc1NN. The molecule has 0 aliphatic heterocycles. The van der Waals surface area contributed by atoms with E-state index in [-0.39, 0.29) is 11.9 Å². The highest BCUT2D eigenvalue weighted by molar-refractivity contribution is 5.99. The molecular formula is C12H19N3O2. The van der Waals surface area contributed by atoms with E-state index in [1.54, 1.807) is 13.2 Å². The predicted octanol–water partition coefficient (Wildman–Crippen LogP) is 1.05. The molecular weight excluding hydrogens is 218 g/mol. The lowest BCUT2D eigenvalue weighted by Crippen LogP contribution is -2.36. The molecule has 0 aliphatic rings. The fourth-order valence-corrected chi connectivity index (χ4v) is 1.57. The Hall–Kier alpha value is -1.59. The zero-order valence-electron chi connectivity index (χ0n) is 10.4. The van der Waals surface area contributed by atoms with Gasteiger partial charge < -0.3 is 15.5 Å². The Kier molecular flexibility index (Phi) is 4.93. The number of hydrogen-bond donors (Lipinski definition) is 3. The number of carbonyl (C=O) groups excluding carboxylic acids is 1. The molecule has 1 aromatic carbocycles. The first kappa shape index (κ1) is 13.5. The molecule has 0 radical (unpaired) electrons. The van der Waals surface area contributed by atoms with Gasteiger partial charge >= 0.3 is 0 Å². The van der Waals surface area contributed by atoms with Crippen molar-refractivity contribution in [3.05, 3.63) is 29.3 Å². The zero-order chi connectivity index (χ0) is 12.8. The number of carbonyl (C=O) groups is 1. The second kappa shape index (κ2) is 6.22. The van der Waals surface area contributed by atoms with Crippen molar-refractivity contribution in [3.63, 3.8) is 0 Å². The Morgan fingerprint density at radius 3 is 2.82 bits per heavy atom. The summed E-state index contributed by atoms with van der Waals surface area (Å²) in [6.07, 6.45) is 0. The Bertz CT molecular complexity index is 393. The van der Waals surface area contributed by atoms with Crippen molar-refractivity contribution < 1.29 is 9.53 Å². The van der Waals surface area contributed by atoms with Gasteiger partial charge in [-0.2, -0.15) is 0 Å². The Morgan fingerprint density at radius 1 is 1.53 bits per heavy atom. The molecule has 0 heterocycles. The number of anilines is 1. The van der Waals surface area contributed by atoms with Crippen LogP contribution in [0, 0.1) is 6.92 Å². The van der Waals surface area contributed by atoms with E-state index >= 15 is 0 Å². The number of nitrogens with one attached hydrogen (secondary N) is 2. The van der Waals surface area contributed by atoms with Gasteiger partial charge in [0.2, 0.25) is 0 Å². The minimum atomic E-state index is -0.164. The molecule has 5 nitrogen and oxygen atoms in total. The fourth-order valence-electron chi connectivity index (χ4n) is 1.57. The second-order valence-electron chi connectivity index (χ2n) is 4.02. The van der Waals surface area contributed by atoms with Crippen LogP contribution in [-0.2, 0) is 4.74 Å². The van der Waals surface area contributed by atoms with Crippen LogP contribution < -0.4 is 16.6 Å². The first-order chi connectivity index (χ1) is 8.08. The number of hydrogen-bond acceptors (Lipinski definition) is 4. The molecule has 1 amide bonds. The maximum atomic E-state index is 12.0. The number of nitrogens with two attached hydrogens (primary N) is 1. The van der Waals surface area contributed by atoms with E-state index in [1.165, 1.54) is 0 Å². The van der Waals surface area contributed by atoms with Crippen LogP contribution in [0.15, 0.2) is 18.2 Å². The molecule has 0 saturated heterocycles. The molecule has 94 valence electrons. The van der Waals surface area contributed by atoms with Gasteiger partial charge in [0, 0.05) is 13.2 Å². The van der Waals surface area contributed by atoms with Crippen LogP contribution >= 0.6 is 0 Å². The van der Waals surface area contributed by atoms with Gasteiger partial charge in [0.05, 0.1) is 17.9 Å². The van der Waals surface area contributed by atoms with Crippen molar-refractivity contribution in [2.75, 3.05) is 19.1 Å². The topological polar surface area (TPSA) is 76.4 Å². The number of ether oxygens (including phenoxy) is 1. The van der Waals surface area contributed by atoms with E-state index in [1.807, 2.05) is 26.0 Å². The fraction of sp³-hybridized carbons (Fsp3) is 0.417. The molecule has 1 unspecified atom stereocenters. The molecule has 1 rings (SSSR count). The molecule has 17 heavy (non-hydrogen) atoms. The maximum Gasteiger partial charge on any atom is 0.253 e. The van der Waals surface area contributed by atoms with Gasteiger partial charge in [-0.1, -0.05) is 6.07 Å². The van der Waals surface area contributed by atoms with E-state index < -0.39 is 0 Å². The highest BCUT2D eigenvalue weighted by Gasteiger charge is 2.13. The van der Waals surface area contributed by atoms with E-state index in [4.69, 9.17) is 10.6 Å². The van der Waals surface area contributed by atoms with Crippen LogP contribution in [0.3, 0.4) is 0 Å². The minimum Gasteiger partial charge on any atom is -0.383 e. The summed E-state index contributed by atoms with van der Waals surface area (Å²) in [6.45, 7) is 4.30. The van der Waals surface area contributed by atoms with Gasteiger partial charge in [-0.05, 0) is 31.5 Å². The van der Waals surface area contributed by atoms with Crippen molar-refractivity contribution >= 4 is 11.6 Å². The largest absolute Gasteiger partial charge is 0.383 e. The van der Waals surface area contributed by atoms with Gasteiger partial charge in [-0.3, -0.25) is 10.6 Å². The molecule has 5 heteroatoms. The summed E-state index contributed by atoms with van der Waals surface area (Å²) in [5.41, 5.74) is 4.72. The Balaban J connectivity index is 2.81. The molecule has 0 aromatic heterocycles. The van der Waals surface area contributed by atoms with E-state index in [9.17, 15) is 4.79 Å². The summed E-state index contributed by atoms with van der Waals surface area (Å²) in [6, 6.07) is 5.41. The molecule has 0 saturated carbocycles. The number of aryl methyl sites for hydroxylation is 1. The predicted molar refractivity (Wildman–Crippen MR) is 67.8 cm³/mol. The number of methoxy groups -OCH3 is 1. The van der Waals surface area contributed by atoms with Crippen LogP contribution in [-0.4, -0.2) is 25.7 Å². The lowest BCUT2D eigenvalue weighted by Gasteiger charge is -2.15. The Morgan fingerprint density at radius 2 is 2.24 bits per heavy atom. The standard InChI is InChI=1S/C12H19N3O2/c1-8-4-5-10(11(6-8)15-13)12(16)14-9(2)7-17-3/h4-6,9,15H,7,13H2,1-3H3,(H,14,16). The minimum absolute atomic E-state index is 0.0422. The molecule has 0 aliphatic carbocycles. The highest BCUT2D eigenvalue weighted by atomic mass is 16.5. The van der Waals surface area contributed by atoms with Crippen LogP contribution in [0.25, 0.3) is 0 Å². The highest BCUT2D eigenvalue weighted by Crippen LogP contribution is 2.16. The zero-order valence-corrected chi connectivity index (χ0v) is 10.4. The van der Waals surface area contributed by atoms with Crippen molar-refractivity contribution in [2.24, 2.45) is 5.84 Å². The normalized spacial score (nSPS) is 12.0. The number of rotatable bonds is 5. The summed E-state index contributed by atoms with van der Waals surface area (Å²) < 4.78 is 4.96. The third kappa shape index (κ3) is 3.72. The quantitative estimate of drug-likeness (QED) is 0.528. The van der Waals surface area contributed by atoms with Crippen molar-refractivity contribution in [3.8, 4) is 0 Å². The summed E-state index contributed by atoms with van der Waals surface area (Å²) in [5, 5.41) is 2.83. The first-order valence-electron chi connectivity index (χ1n) is 5.45. The smallest absolute Gasteiger partial charge is 0.253 e. The van der Waals surface area contributed by atoms with Crippen molar-refractivity contribution in [1.82, 2.24) is 5.32 Å². The maximum absolute atomic E-state index is 12.0. The third-order valence-electron chi connectivity index (χ3n) is 2.37. The average molecular weight is 237 g/mol. The van der Waals surface area contributed by atoms with E-state index in [0.717, 1.165) is 5.56 Å². The number of benzene rings is 1. The van der Waals surface area contributed by atoms with Crippen LogP contribution in [0.1, 0.15) is 22.8 Å². The van der Waals surface area contributed by atoms with Gasteiger partial charge in [0.25, 0.3) is 5.91 Å². The lowest BCUT2D eigenvalue weighted by atomic mass is 10.1. The molecule has 4 N–H and O–H groups in total. The lowest BCUT2D eigenvalue weighted by molar-refractivity contribution is 0.0906. The van der Waals surface area contributed by atoms with Gasteiger partial charge in [-0.15, -0.1) is 0 Å². The molecule has 0 fully saturated rings. The number of hydrazine groups is 1. The van der Waals surface area contributed by atoms with Crippen LogP contribution in [0.2, 0.25) is 0 Å². The molecule has 0 spiro atoms. The summed E-state index contributed by atoms with van der Waals surface area (Å²) in [4.78, 5) is 12.0. The van der Waals surface area contributed by atoms with Crippen LogP contribution in [0.5, 0.6) is 0 Å². The van der Waals surface area contributed by atoms with Gasteiger partial charge in [0.1, 0.15) is 0 Å². The van der Waals surface area contributed by atoms with Gasteiger partial charge in [0.15, 0.2) is 0 Å². The van der Waals surface area contributed by atoms with Crippen molar-refractivity contribution in [2.45, 2.75) is 19.9 Å². The molecule has 0 bridgehead atoms. The Labute approximate surface area is 101 Å². The third-order valence-corrected chi connectivity index (χ3v) is 2.37. The number of amides is 1. The van der Waals surface area contributed by atoms with E-state index in [0.29, 0.717) is 17.9 Å². The second-order valence-corrected chi connectivity index (χ2v) is 4.02. The summed E-state index contributed by atoms with van der Waals surface area (Å²) in [5.74, 6) is 5.23. The summed E-state index contributed by atoms with van der Waals surface area (Å²) >= 11 is 0. The molecule has 1 aromatic rings. The van der Waals surface area contributed by atoms with E-state index in [2.05, 4.69) is 10.7 Å².